The minimum atomic E-state index is -1.01. The molecule has 0 bridgehead atoms. The van der Waals surface area contributed by atoms with Gasteiger partial charge < -0.3 is 28.8 Å². The van der Waals surface area contributed by atoms with Gasteiger partial charge in [-0.15, -0.1) is 0 Å². The summed E-state index contributed by atoms with van der Waals surface area (Å²) < 4.78 is 27.3. The number of hydrogen-bond donors (Lipinski definition) is 1. The molecule has 0 saturated carbocycles. The Labute approximate surface area is 547 Å². The molecule has 11 heteroatoms. The number of carbonyl (C=O) groups is 5. The molecule has 0 amide bonds. The van der Waals surface area contributed by atoms with Crippen LogP contribution >= 0.6 is 0 Å². The second kappa shape index (κ2) is 71.7. The number of hydrogen-bond acceptors (Lipinski definition) is 11. The number of aliphatic hydroxyl groups excluding tert-OH is 1. The van der Waals surface area contributed by atoms with Gasteiger partial charge in [0.25, 0.3) is 0 Å². The Balaban J connectivity index is 4.24. The Kier molecular flexibility index (Phi) is 68.7. The summed E-state index contributed by atoms with van der Waals surface area (Å²) in [7, 11) is 0. The van der Waals surface area contributed by atoms with Crippen molar-refractivity contribution in [2.45, 2.75) is 393 Å². The number of carbonyl (C=O) groups excluding carboxylic acids is 5. The molecule has 0 aliphatic heterocycles. The average Bonchev–Trinajstić information content (AvgIpc) is 3.60. The minimum absolute atomic E-state index is 0.114. The van der Waals surface area contributed by atoms with Gasteiger partial charge in [0, 0.05) is 32.1 Å². The first kappa shape index (κ1) is 85.3. The van der Waals surface area contributed by atoms with Crippen molar-refractivity contribution in [2.75, 3.05) is 26.4 Å². The SMILES string of the molecule is CCCCCCCC/C=C\CCCCCCCC(=O)OCC(O)COC(=O)CCCCCCCC=CCCCCCCCC(=O)OC(COC(=O)CCCCCCC/C=C\CCCCCCCC)COC(=O)CCCCCCC/C=C\CCCCCCCC. The van der Waals surface area contributed by atoms with Gasteiger partial charge in [0.2, 0.25) is 0 Å². The fourth-order valence-corrected chi connectivity index (χ4v) is 10.8. The van der Waals surface area contributed by atoms with Crippen LogP contribution in [-0.4, -0.2) is 73.6 Å². The van der Waals surface area contributed by atoms with Crippen molar-refractivity contribution in [1.29, 1.82) is 0 Å². The molecule has 1 unspecified atom stereocenters. The molecule has 0 heterocycles. The van der Waals surface area contributed by atoms with Gasteiger partial charge in [-0.3, -0.25) is 24.0 Å². The Bertz CT molecular complexity index is 1630. The Morgan fingerprint density at radius 2 is 0.427 bits per heavy atom. The molecule has 0 aromatic heterocycles. The fraction of sp³-hybridized carbons (Fsp3) is 0.833. The fourth-order valence-electron chi connectivity index (χ4n) is 10.8. The Morgan fingerprint density at radius 1 is 0.247 bits per heavy atom. The highest BCUT2D eigenvalue weighted by Crippen LogP contribution is 2.17. The Hall–Kier alpha value is -3.73. The summed E-state index contributed by atoms with van der Waals surface area (Å²) >= 11 is 0. The van der Waals surface area contributed by atoms with Gasteiger partial charge in [0.15, 0.2) is 6.10 Å². The van der Waals surface area contributed by atoms with E-state index in [4.69, 9.17) is 23.7 Å². The van der Waals surface area contributed by atoms with Crippen molar-refractivity contribution in [3.63, 3.8) is 0 Å². The first-order valence-electron chi connectivity index (χ1n) is 37.8. The van der Waals surface area contributed by atoms with E-state index in [0.29, 0.717) is 32.1 Å². The second-order valence-electron chi connectivity index (χ2n) is 25.6. The van der Waals surface area contributed by atoms with Crippen LogP contribution in [-0.2, 0) is 47.7 Å². The van der Waals surface area contributed by atoms with Crippen LogP contribution in [0.15, 0.2) is 48.6 Å². The number of rotatable bonds is 70. The normalized spacial score (nSPS) is 12.1. The van der Waals surface area contributed by atoms with E-state index in [-0.39, 0.29) is 62.7 Å². The first-order chi connectivity index (χ1) is 43.7. The lowest BCUT2D eigenvalue weighted by atomic mass is 10.1. The molecular formula is C78H140O11. The molecule has 0 aromatic rings. The van der Waals surface area contributed by atoms with E-state index >= 15 is 0 Å². The molecule has 11 nitrogen and oxygen atoms in total. The topological polar surface area (TPSA) is 152 Å². The maximum absolute atomic E-state index is 13.0. The minimum Gasteiger partial charge on any atom is -0.463 e. The number of unbranched alkanes of at least 4 members (excludes halogenated alkanes) is 43. The molecule has 518 valence electrons. The highest BCUT2D eigenvalue weighted by atomic mass is 16.6. The lowest BCUT2D eigenvalue weighted by molar-refractivity contribution is -0.167. The summed E-state index contributed by atoms with van der Waals surface area (Å²) in [6.07, 6.45) is 76.7. The van der Waals surface area contributed by atoms with Gasteiger partial charge in [-0.25, -0.2) is 0 Å². The highest BCUT2D eigenvalue weighted by molar-refractivity contribution is 5.71. The van der Waals surface area contributed by atoms with Gasteiger partial charge in [0.05, 0.1) is 0 Å². The van der Waals surface area contributed by atoms with E-state index < -0.39 is 12.2 Å². The van der Waals surface area contributed by atoms with Crippen molar-refractivity contribution < 1.29 is 52.8 Å². The zero-order chi connectivity index (χ0) is 64.7. The lowest BCUT2D eigenvalue weighted by Crippen LogP contribution is -2.30. The van der Waals surface area contributed by atoms with Crippen molar-refractivity contribution in [2.24, 2.45) is 0 Å². The van der Waals surface area contributed by atoms with E-state index in [2.05, 4.69) is 69.4 Å². The number of ether oxygens (including phenoxy) is 5. The maximum atomic E-state index is 13.0. The second-order valence-corrected chi connectivity index (χ2v) is 25.6. The molecule has 0 radical (unpaired) electrons. The molecule has 0 aliphatic carbocycles. The van der Waals surface area contributed by atoms with Crippen LogP contribution in [0.25, 0.3) is 0 Å². The molecule has 1 N–H and O–H groups in total. The van der Waals surface area contributed by atoms with Crippen LogP contribution < -0.4 is 0 Å². The zero-order valence-corrected chi connectivity index (χ0v) is 58.2. The third-order valence-corrected chi connectivity index (χ3v) is 16.6. The molecule has 0 spiro atoms. The molecule has 0 saturated heterocycles. The van der Waals surface area contributed by atoms with Crippen molar-refractivity contribution in [3.05, 3.63) is 48.6 Å². The molecule has 0 aromatic carbocycles. The zero-order valence-electron chi connectivity index (χ0n) is 58.2. The quantitative estimate of drug-likeness (QED) is 0.0268. The largest absolute Gasteiger partial charge is 0.463 e. The van der Waals surface area contributed by atoms with E-state index in [9.17, 15) is 29.1 Å². The van der Waals surface area contributed by atoms with Gasteiger partial charge >= 0.3 is 29.8 Å². The van der Waals surface area contributed by atoms with E-state index in [1.807, 2.05) is 0 Å². The smallest absolute Gasteiger partial charge is 0.306 e. The lowest BCUT2D eigenvalue weighted by Gasteiger charge is -2.18. The molecule has 0 fully saturated rings. The number of allylic oxidation sites excluding steroid dienone is 8. The third-order valence-electron chi connectivity index (χ3n) is 16.6. The van der Waals surface area contributed by atoms with Gasteiger partial charge in [0.1, 0.15) is 32.5 Å². The summed E-state index contributed by atoms with van der Waals surface area (Å²) in [5.41, 5.74) is 0. The standard InChI is InChI=1S/C78H140O11/c1-4-7-10-13-16-19-22-25-28-33-38-43-48-53-58-63-74(80)85-68-72(79)69-86-75(81)64-59-54-49-44-39-36-31-32-37-42-47-52-57-62-67-78(84)89-73(70-87-76(82)65-60-55-50-45-40-34-29-26-23-20-17-14-11-8-5-2)71-88-77(83)66-61-56-51-46-41-35-30-27-24-21-18-15-12-9-6-3/h25-32,72-73,79H,4-24,33-71H2,1-3H3/b28-25-,29-26-,30-27-,32-31?. The molecule has 89 heavy (non-hydrogen) atoms. The van der Waals surface area contributed by atoms with Gasteiger partial charge in [-0.2, -0.15) is 0 Å². The predicted molar refractivity (Wildman–Crippen MR) is 372 cm³/mol. The van der Waals surface area contributed by atoms with E-state index in [1.54, 1.807) is 0 Å². The van der Waals surface area contributed by atoms with Crippen LogP contribution in [0.5, 0.6) is 0 Å². The Morgan fingerprint density at radius 3 is 0.652 bits per heavy atom. The van der Waals surface area contributed by atoms with Crippen LogP contribution in [0, 0.1) is 0 Å². The summed E-state index contributed by atoms with van der Waals surface area (Å²) in [4.78, 5) is 62.7. The third kappa shape index (κ3) is 70.0. The summed E-state index contributed by atoms with van der Waals surface area (Å²) in [5, 5.41) is 10.2. The predicted octanol–water partition coefficient (Wildman–Crippen LogP) is 22.6. The summed E-state index contributed by atoms with van der Waals surface area (Å²) in [5.74, 6) is -1.62. The van der Waals surface area contributed by atoms with Crippen LogP contribution in [0.1, 0.15) is 380 Å². The molecule has 1 atom stereocenters. The van der Waals surface area contributed by atoms with Crippen molar-refractivity contribution in [1.82, 2.24) is 0 Å². The number of aliphatic hydroxyl groups is 1. The monoisotopic (exact) mass is 1250 g/mol. The number of esters is 5. The molecule has 0 rings (SSSR count). The average molecular weight is 1250 g/mol. The van der Waals surface area contributed by atoms with Crippen LogP contribution in [0.3, 0.4) is 0 Å². The van der Waals surface area contributed by atoms with E-state index in [1.165, 1.54) is 161 Å². The van der Waals surface area contributed by atoms with Crippen LogP contribution in [0.2, 0.25) is 0 Å². The van der Waals surface area contributed by atoms with E-state index in [0.717, 1.165) is 161 Å². The maximum Gasteiger partial charge on any atom is 0.306 e. The first-order valence-corrected chi connectivity index (χ1v) is 37.8. The van der Waals surface area contributed by atoms with Gasteiger partial charge in [-0.1, -0.05) is 262 Å². The summed E-state index contributed by atoms with van der Waals surface area (Å²) in [6.45, 7) is 6.22. The van der Waals surface area contributed by atoms with Gasteiger partial charge in [-0.05, 0) is 135 Å². The molecule has 0 aliphatic rings. The molecular weight excluding hydrogens is 1110 g/mol. The van der Waals surface area contributed by atoms with Crippen molar-refractivity contribution >= 4 is 29.8 Å². The van der Waals surface area contributed by atoms with Crippen LogP contribution in [0.4, 0.5) is 0 Å². The van der Waals surface area contributed by atoms with Crippen molar-refractivity contribution in [3.8, 4) is 0 Å². The summed E-state index contributed by atoms with van der Waals surface area (Å²) in [6, 6.07) is 0. The highest BCUT2D eigenvalue weighted by Gasteiger charge is 2.20.